The van der Waals surface area contributed by atoms with Gasteiger partial charge in [-0.2, -0.15) is 8.42 Å². The minimum absolute atomic E-state index is 0.00911. The highest BCUT2D eigenvalue weighted by atomic mass is 33.1. The molecule has 0 unspecified atom stereocenters. The van der Waals surface area contributed by atoms with Gasteiger partial charge in [0.05, 0.1) is 5.75 Å². The summed E-state index contributed by atoms with van der Waals surface area (Å²) >= 11 is 0. The van der Waals surface area contributed by atoms with Crippen LogP contribution >= 0.6 is 10.8 Å². The van der Waals surface area contributed by atoms with Crippen molar-refractivity contribution in [3.05, 3.63) is 0 Å². The Morgan fingerprint density at radius 1 is 1.28 bits per heavy atom. The van der Waals surface area contributed by atoms with Gasteiger partial charge in [0.25, 0.3) is 0 Å². The predicted molar refractivity (Wildman–Crippen MR) is 73.0 cm³/mol. The van der Waals surface area contributed by atoms with Gasteiger partial charge in [-0.25, -0.2) is 0 Å². The van der Waals surface area contributed by atoms with Crippen LogP contribution in [0.2, 0.25) is 0 Å². The van der Waals surface area contributed by atoms with Gasteiger partial charge in [-0.05, 0) is 37.5 Å². The van der Waals surface area contributed by atoms with Crippen LogP contribution in [0.15, 0.2) is 4.99 Å². The lowest BCUT2D eigenvalue weighted by molar-refractivity contribution is 0.169. The molecule has 1 fully saturated rings. The minimum Gasteiger partial charge on any atom is -0.396 e. The van der Waals surface area contributed by atoms with E-state index in [1.165, 1.54) is 0 Å². The van der Waals surface area contributed by atoms with Crippen molar-refractivity contribution in [2.75, 3.05) is 18.9 Å². The van der Waals surface area contributed by atoms with Crippen molar-refractivity contribution in [2.45, 2.75) is 25.7 Å². The van der Waals surface area contributed by atoms with Crippen LogP contribution in [-0.2, 0) is 9.15 Å². The summed E-state index contributed by atoms with van der Waals surface area (Å²) in [5, 5.41) is 9.01. The molecule has 1 rings (SSSR count). The lowest BCUT2D eigenvalue weighted by Gasteiger charge is -2.26. The molecule has 0 amide bonds. The van der Waals surface area contributed by atoms with Crippen molar-refractivity contribution in [1.82, 2.24) is 0 Å². The molecule has 0 spiro atoms. The molecule has 0 heterocycles. The average Bonchev–Trinajstić information content (AvgIpc) is 2.33. The molecule has 4 N–H and O–H groups in total. The van der Waals surface area contributed by atoms with E-state index in [2.05, 4.69) is 4.99 Å². The smallest absolute Gasteiger partial charge is 0.320 e. The fraction of sp³-hybridized carbons (Fsp3) is 0.900. The highest BCUT2D eigenvalue weighted by Gasteiger charge is 2.20. The van der Waals surface area contributed by atoms with Crippen molar-refractivity contribution in [1.29, 1.82) is 0 Å². The first-order chi connectivity index (χ1) is 8.40. The molecule has 106 valence electrons. The van der Waals surface area contributed by atoms with Gasteiger partial charge < -0.3 is 10.8 Å². The van der Waals surface area contributed by atoms with E-state index in [0.29, 0.717) is 29.2 Å². The number of hydrogen-bond donors (Lipinski definition) is 3. The third kappa shape index (κ3) is 6.58. The van der Waals surface area contributed by atoms with Crippen LogP contribution in [0.25, 0.3) is 0 Å². The molecule has 0 aromatic rings. The first-order valence-corrected chi connectivity index (χ1v) is 8.86. The lowest BCUT2D eigenvalue weighted by Crippen LogP contribution is -2.22. The summed E-state index contributed by atoms with van der Waals surface area (Å²) in [7, 11) is -3.67. The minimum atomic E-state index is -4.04. The van der Waals surface area contributed by atoms with Crippen molar-refractivity contribution >= 4 is 25.8 Å². The zero-order valence-electron chi connectivity index (χ0n) is 10.2. The highest BCUT2D eigenvalue weighted by molar-refractivity contribution is 8.70. The zero-order valence-corrected chi connectivity index (χ0v) is 11.8. The zero-order chi connectivity index (χ0) is 13.6. The summed E-state index contributed by atoms with van der Waals surface area (Å²) in [4.78, 5) is 4.14. The van der Waals surface area contributed by atoms with E-state index >= 15 is 0 Å². The standard InChI is InChI=1S/C10H20N2O4S2/c11-10(7-17-18(14,15)16)12-5-8-1-3-9(6-13)4-2-8/h8-9,13H,1-7H2,(H2,11,12)(H,14,15,16). The normalized spacial score (nSPS) is 26.2. The maximum absolute atomic E-state index is 10.5. The molecule has 0 bridgehead atoms. The van der Waals surface area contributed by atoms with Gasteiger partial charge in [0.15, 0.2) is 0 Å². The molecular formula is C10H20N2O4S2. The molecule has 18 heavy (non-hydrogen) atoms. The number of aliphatic hydroxyl groups is 1. The van der Waals surface area contributed by atoms with Crippen LogP contribution in [0, 0.1) is 11.8 Å². The van der Waals surface area contributed by atoms with Gasteiger partial charge >= 0.3 is 9.15 Å². The quantitative estimate of drug-likeness (QED) is 0.287. The molecule has 6 nitrogen and oxygen atoms in total. The molecule has 0 aromatic heterocycles. The van der Waals surface area contributed by atoms with Gasteiger partial charge in [0.1, 0.15) is 5.84 Å². The van der Waals surface area contributed by atoms with Gasteiger partial charge in [0, 0.05) is 23.9 Å². The largest absolute Gasteiger partial charge is 0.396 e. The first kappa shape index (κ1) is 15.7. The molecule has 0 radical (unpaired) electrons. The van der Waals surface area contributed by atoms with Crippen molar-refractivity contribution in [3.63, 3.8) is 0 Å². The lowest BCUT2D eigenvalue weighted by atomic mass is 9.82. The summed E-state index contributed by atoms with van der Waals surface area (Å²) < 4.78 is 29.5. The van der Waals surface area contributed by atoms with Gasteiger partial charge in [-0.1, -0.05) is 0 Å². The maximum atomic E-state index is 10.5. The van der Waals surface area contributed by atoms with Crippen LogP contribution in [0.1, 0.15) is 25.7 Å². The molecule has 1 aliphatic rings. The third-order valence-electron chi connectivity index (χ3n) is 3.13. The molecule has 0 aliphatic heterocycles. The number of nitrogens with two attached hydrogens (primary N) is 1. The Labute approximate surface area is 111 Å². The number of aliphatic imine (C=N–C) groups is 1. The van der Waals surface area contributed by atoms with Gasteiger partial charge in [-0.3, -0.25) is 9.55 Å². The number of amidine groups is 1. The van der Waals surface area contributed by atoms with Crippen LogP contribution in [-0.4, -0.2) is 42.8 Å². The first-order valence-electron chi connectivity index (χ1n) is 5.92. The Kier molecular flexibility index (Phi) is 6.40. The topological polar surface area (TPSA) is 113 Å². The van der Waals surface area contributed by atoms with E-state index in [0.717, 1.165) is 25.7 Å². The van der Waals surface area contributed by atoms with E-state index < -0.39 is 9.15 Å². The second-order valence-corrected chi connectivity index (χ2v) is 7.94. The van der Waals surface area contributed by atoms with Gasteiger partial charge in [0.2, 0.25) is 0 Å². The summed E-state index contributed by atoms with van der Waals surface area (Å²) in [5.41, 5.74) is 5.57. The molecule has 0 aromatic carbocycles. The third-order valence-corrected chi connectivity index (χ3v) is 5.09. The maximum Gasteiger partial charge on any atom is 0.320 e. The van der Waals surface area contributed by atoms with Crippen molar-refractivity contribution in [2.24, 2.45) is 22.6 Å². The average molecular weight is 296 g/mol. The second kappa shape index (κ2) is 7.32. The molecule has 0 saturated heterocycles. The highest BCUT2D eigenvalue weighted by Crippen LogP contribution is 2.28. The fourth-order valence-corrected chi connectivity index (χ4v) is 3.19. The van der Waals surface area contributed by atoms with Crippen LogP contribution in [0.5, 0.6) is 0 Å². The SMILES string of the molecule is NC(CSS(=O)(=O)O)=NCC1CCC(CO)CC1. The monoisotopic (exact) mass is 296 g/mol. The Morgan fingerprint density at radius 3 is 2.33 bits per heavy atom. The molecular weight excluding hydrogens is 276 g/mol. The van der Waals surface area contributed by atoms with E-state index in [1.54, 1.807) is 0 Å². The number of aliphatic hydroxyl groups excluding tert-OH is 1. The second-order valence-electron chi connectivity index (χ2n) is 4.59. The van der Waals surface area contributed by atoms with Crippen LogP contribution < -0.4 is 5.73 Å². The molecule has 1 aliphatic carbocycles. The summed E-state index contributed by atoms with van der Waals surface area (Å²) in [6, 6.07) is 0. The Morgan fingerprint density at radius 2 is 1.83 bits per heavy atom. The fourth-order valence-electron chi connectivity index (χ4n) is 2.02. The summed E-state index contributed by atoms with van der Waals surface area (Å²) in [6.07, 6.45) is 4.06. The van der Waals surface area contributed by atoms with Gasteiger partial charge in [-0.15, -0.1) is 0 Å². The molecule has 1 saturated carbocycles. The molecule has 8 heteroatoms. The summed E-state index contributed by atoms with van der Waals surface area (Å²) in [5.74, 6) is 1.10. The molecule has 0 atom stereocenters. The number of hydrogen-bond acceptors (Lipinski definition) is 5. The Hall–Kier alpha value is -0.310. The van der Waals surface area contributed by atoms with Crippen molar-refractivity contribution in [3.8, 4) is 0 Å². The van der Waals surface area contributed by atoms with E-state index in [4.69, 9.17) is 15.4 Å². The predicted octanol–water partition coefficient (Wildman–Crippen LogP) is 0.678. The Balaban J connectivity index is 2.27. The van der Waals surface area contributed by atoms with Crippen LogP contribution in [0.4, 0.5) is 0 Å². The van der Waals surface area contributed by atoms with E-state index in [-0.39, 0.29) is 18.2 Å². The van der Waals surface area contributed by atoms with Crippen LogP contribution in [0.3, 0.4) is 0 Å². The Bertz CT molecular complexity index is 375. The van der Waals surface area contributed by atoms with E-state index in [1.807, 2.05) is 0 Å². The van der Waals surface area contributed by atoms with E-state index in [9.17, 15) is 8.42 Å². The summed E-state index contributed by atoms with van der Waals surface area (Å²) in [6.45, 7) is 0.846. The number of nitrogens with zero attached hydrogens (tertiary/aromatic N) is 1. The van der Waals surface area contributed by atoms with Crippen molar-refractivity contribution < 1.29 is 18.1 Å². The number of rotatable bonds is 6.